The fourth-order valence-electron chi connectivity index (χ4n) is 1.41. The molecule has 0 fully saturated rings. The third-order valence-electron chi connectivity index (χ3n) is 2.54. The van der Waals surface area contributed by atoms with Crippen LogP contribution in [0.2, 0.25) is 0 Å². The Kier molecular flexibility index (Phi) is 4.92. The molecule has 0 aliphatic carbocycles. The molecule has 5 heteroatoms. The van der Waals surface area contributed by atoms with Crippen LogP contribution in [0.5, 0.6) is 0 Å². The molecule has 0 heterocycles. The highest BCUT2D eigenvalue weighted by Crippen LogP contribution is 2.15. The monoisotopic (exact) mass is 265 g/mol. The average Bonchev–Trinajstić information content (AvgIpc) is 2.37. The van der Waals surface area contributed by atoms with E-state index in [0.717, 1.165) is 0 Å². The summed E-state index contributed by atoms with van der Waals surface area (Å²) in [6, 6.07) is 8.62. The second kappa shape index (κ2) is 6.22. The lowest BCUT2D eigenvalue weighted by Crippen LogP contribution is -2.47. The van der Waals surface area contributed by atoms with E-state index in [1.807, 2.05) is 26.8 Å². The quantitative estimate of drug-likeness (QED) is 0.622. The van der Waals surface area contributed by atoms with Crippen LogP contribution >= 0.6 is 0 Å². The first-order valence-corrected chi connectivity index (χ1v) is 5.94. The number of carbonyl (C=O) groups excluding carboxylic acids is 2. The van der Waals surface area contributed by atoms with Gasteiger partial charge in [0, 0.05) is 5.54 Å². The maximum absolute atomic E-state index is 11.8. The normalized spacial score (nSPS) is 10.7. The fraction of sp³-hybridized carbons (Fsp3) is 0.429. The highest BCUT2D eigenvalue weighted by atomic mass is 16.6. The molecule has 104 valence electrons. The number of methoxy groups -OCH3 is 1. The van der Waals surface area contributed by atoms with Crippen molar-refractivity contribution in [2.24, 2.45) is 0 Å². The first-order valence-electron chi connectivity index (χ1n) is 5.94. The zero-order valence-corrected chi connectivity index (χ0v) is 11.7. The zero-order chi connectivity index (χ0) is 14.5. The summed E-state index contributed by atoms with van der Waals surface area (Å²) in [6.07, 6.45) is -0.534. The molecule has 0 bridgehead atoms. The first kappa shape index (κ1) is 15.0. The van der Waals surface area contributed by atoms with Crippen LogP contribution in [0.3, 0.4) is 0 Å². The SMILES string of the molecule is COC(=O)N(COC(=O)c1ccccc1)C(C)(C)C. The minimum absolute atomic E-state index is 0.149. The number of esters is 1. The first-order chi connectivity index (χ1) is 8.86. The highest BCUT2D eigenvalue weighted by molar-refractivity contribution is 5.89. The van der Waals surface area contributed by atoms with E-state index in [1.54, 1.807) is 24.3 Å². The fourth-order valence-corrected chi connectivity index (χ4v) is 1.41. The smallest absolute Gasteiger partial charge is 0.412 e. The highest BCUT2D eigenvalue weighted by Gasteiger charge is 2.28. The summed E-state index contributed by atoms with van der Waals surface area (Å²) in [5, 5.41) is 0. The van der Waals surface area contributed by atoms with E-state index < -0.39 is 17.6 Å². The molecule has 5 nitrogen and oxygen atoms in total. The Bertz CT molecular complexity index is 437. The van der Waals surface area contributed by atoms with Crippen molar-refractivity contribution in [3.05, 3.63) is 35.9 Å². The van der Waals surface area contributed by atoms with Crippen LogP contribution in [-0.4, -0.2) is 36.3 Å². The Morgan fingerprint density at radius 2 is 1.74 bits per heavy atom. The average molecular weight is 265 g/mol. The molecule has 1 aromatic carbocycles. The van der Waals surface area contributed by atoms with Crippen molar-refractivity contribution in [1.29, 1.82) is 0 Å². The number of benzene rings is 1. The van der Waals surface area contributed by atoms with Crippen LogP contribution in [0, 0.1) is 0 Å². The van der Waals surface area contributed by atoms with Gasteiger partial charge < -0.3 is 9.47 Å². The standard InChI is InChI=1S/C14H19NO4/c1-14(2,3)15(13(17)18-4)10-19-12(16)11-8-6-5-7-9-11/h5-9H,10H2,1-4H3. The number of hydrogen-bond donors (Lipinski definition) is 0. The van der Waals surface area contributed by atoms with Gasteiger partial charge in [-0.3, -0.25) is 4.90 Å². The molecule has 0 N–H and O–H groups in total. The number of rotatable bonds is 3. The second-order valence-corrected chi connectivity index (χ2v) is 5.00. The lowest BCUT2D eigenvalue weighted by Gasteiger charge is -2.33. The maximum atomic E-state index is 11.8. The Morgan fingerprint density at radius 3 is 2.21 bits per heavy atom. The van der Waals surface area contributed by atoms with Gasteiger partial charge in [0.25, 0.3) is 0 Å². The van der Waals surface area contributed by atoms with Crippen LogP contribution in [0.1, 0.15) is 31.1 Å². The van der Waals surface area contributed by atoms with Crippen molar-refractivity contribution in [1.82, 2.24) is 4.90 Å². The van der Waals surface area contributed by atoms with Crippen LogP contribution in [0.15, 0.2) is 30.3 Å². The van der Waals surface area contributed by atoms with Gasteiger partial charge in [-0.25, -0.2) is 9.59 Å². The summed E-state index contributed by atoms with van der Waals surface area (Å²) in [6.45, 7) is 5.35. The van der Waals surface area contributed by atoms with Gasteiger partial charge in [0.1, 0.15) is 0 Å². The summed E-state index contributed by atoms with van der Waals surface area (Å²) in [4.78, 5) is 24.7. The third-order valence-corrected chi connectivity index (χ3v) is 2.54. The Balaban J connectivity index is 2.68. The minimum Gasteiger partial charge on any atom is -0.453 e. The van der Waals surface area contributed by atoms with Crippen molar-refractivity contribution in [2.75, 3.05) is 13.8 Å². The molecule has 0 saturated heterocycles. The van der Waals surface area contributed by atoms with Gasteiger partial charge >= 0.3 is 12.1 Å². The van der Waals surface area contributed by atoms with Gasteiger partial charge in [-0.2, -0.15) is 0 Å². The van der Waals surface area contributed by atoms with Gasteiger partial charge in [0.2, 0.25) is 0 Å². The summed E-state index contributed by atoms with van der Waals surface area (Å²) in [5.41, 5.74) is -0.0504. The van der Waals surface area contributed by atoms with E-state index in [1.165, 1.54) is 12.0 Å². The second-order valence-electron chi connectivity index (χ2n) is 5.00. The van der Waals surface area contributed by atoms with Crippen LogP contribution in [0.4, 0.5) is 4.79 Å². The summed E-state index contributed by atoms with van der Waals surface area (Å²) >= 11 is 0. The van der Waals surface area contributed by atoms with E-state index in [4.69, 9.17) is 4.74 Å². The van der Waals surface area contributed by atoms with Crippen LogP contribution in [0.25, 0.3) is 0 Å². The van der Waals surface area contributed by atoms with E-state index in [-0.39, 0.29) is 6.73 Å². The molecule has 0 spiro atoms. The Morgan fingerprint density at radius 1 is 1.16 bits per heavy atom. The van der Waals surface area contributed by atoms with Crippen LogP contribution in [-0.2, 0) is 9.47 Å². The lowest BCUT2D eigenvalue weighted by atomic mass is 10.1. The minimum atomic E-state index is -0.534. The number of hydrogen-bond acceptors (Lipinski definition) is 4. The Labute approximate surface area is 113 Å². The summed E-state index contributed by atoms with van der Waals surface area (Å²) in [5.74, 6) is -0.473. The predicted molar refractivity (Wildman–Crippen MR) is 70.7 cm³/mol. The van der Waals surface area contributed by atoms with E-state index in [9.17, 15) is 9.59 Å². The van der Waals surface area contributed by atoms with E-state index >= 15 is 0 Å². The maximum Gasteiger partial charge on any atom is 0.412 e. The van der Waals surface area contributed by atoms with Crippen molar-refractivity contribution >= 4 is 12.1 Å². The molecule has 0 saturated carbocycles. The molecule has 19 heavy (non-hydrogen) atoms. The molecule has 0 aliphatic heterocycles. The van der Waals surface area contributed by atoms with E-state index in [2.05, 4.69) is 4.74 Å². The molecule has 0 atom stereocenters. The molecule has 1 rings (SSSR count). The van der Waals surface area contributed by atoms with Gasteiger partial charge in [-0.15, -0.1) is 0 Å². The molecular weight excluding hydrogens is 246 g/mol. The third kappa shape index (κ3) is 4.28. The van der Waals surface area contributed by atoms with Crippen molar-refractivity contribution in [3.8, 4) is 0 Å². The van der Waals surface area contributed by atoms with Crippen LogP contribution < -0.4 is 0 Å². The molecule has 0 radical (unpaired) electrons. The number of amides is 1. The van der Waals surface area contributed by atoms with Gasteiger partial charge in [-0.05, 0) is 32.9 Å². The molecule has 1 aromatic rings. The summed E-state index contributed by atoms with van der Waals surface area (Å²) in [7, 11) is 1.29. The van der Waals surface area contributed by atoms with E-state index in [0.29, 0.717) is 5.56 Å². The molecule has 1 amide bonds. The molecule has 0 aliphatic rings. The van der Waals surface area contributed by atoms with Crippen molar-refractivity contribution in [3.63, 3.8) is 0 Å². The zero-order valence-electron chi connectivity index (χ0n) is 11.7. The van der Waals surface area contributed by atoms with Gasteiger partial charge in [-0.1, -0.05) is 18.2 Å². The molecular formula is C14H19NO4. The van der Waals surface area contributed by atoms with Crippen molar-refractivity contribution < 1.29 is 19.1 Å². The predicted octanol–water partition coefficient (Wildman–Crippen LogP) is 2.67. The topological polar surface area (TPSA) is 55.8 Å². The lowest BCUT2D eigenvalue weighted by molar-refractivity contribution is -0.00234. The van der Waals surface area contributed by atoms with Gasteiger partial charge in [0.05, 0.1) is 12.7 Å². The van der Waals surface area contributed by atoms with Gasteiger partial charge in [0.15, 0.2) is 6.73 Å². The molecule has 0 aromatic heterocycles. The number of carbonyl (C=O) groups is 2. The summed E-state index contributed by atoms with van der Waals surface area (Å²) < 4.78 is 9.80. The van der Waals surface area contributed by atoms with Crippen molar-refractivity contribution in [2.45, 2.75) is 26.3 Å². The number of ether oxygens (including phenoxy) is 2. The Hall–Kier alpha value is -2.04. The largest absolute Gasteiger partial charge is 0.453 e. The number of nitrogens with zero attached hydrogens (tertiary/aromatic N) is 1. The molecule has 0 unspecified atom stereocenters.